The largest absolute Gasteiger partial charge is 0.492 e. The third-order valence-electron chi connectivity index (χ3n) is 4.05. The van der Waals surface area contributed by atoms with Gasteiger partial charge >= 0.3 is 0 Å². The minimum absolute atomic E-state index is 0.0620. The molecule has 6 heteroatoms. The number of hydrogen-bond acceptors (Lipinski definition) is 5. The lowest BCUT2D eigenvalue weighted by atomic mass is 10.1. The summed E-state index contributed by atoms with van der Waals surface area (Å²) in [5, 5.41) is 4.05. The van der Waals surface area contributed by atoms with Gasteiger partial charge in [0.25, 0.3) is 5.91 Å². The lowest BCUT2D eigenvalue weighted by molar-refractivity contribution is 0.0950. The first kappa shape index (κ1) is 15.8. The predicted octanol–water partition coefficient (Wildman–Crippen LogP) is 3.75. The third kappa shape index (κ3) is 3.13. The van der Waals surface area contributed by atoms with Crippen LogP contribution in [0.5, 0.6) is 17.2 Å². The van der Waals surface area contributed by atoms with Crippen molar-refractivity contribution in [3.05, 3.63) is 52.9 Å². The first-order valence-corrected chi connectivity index (χ1v) is 8.83. The Labute approximate surface area is 149 Å². The highest BCUT2D eigenvalue weighted by Gasteiger charge is 2.15. The van der Waals surface area contributed by atoms with E-state index in [0.717, 1.165) is 26.3 Å². The molecule has 0 atom stereocenters. The SMILES string of the molecule is Cc1c(C(=O)NCCOc2ccc3c(c2)OCO3)sc2ccccc12. The van der Waals surface area contributed by atoms with Gasteiger partial charge in [-0.2, -0.15) is 0 Å². The van der Waals surface area contributed by atoms with Crippen LogP contribution in [0.4, 0.5) is 0 Å². The lowest BCUT2D eigenvalue weighted by Gasteiger charge is -2.08. The number of amides is 1. The van der Waals surface area contributed by atoms with Crippen LogP contribution in [0.15, 0.2) is 42.5 Å². The molecule has 0 bridgehead atoms. The van der Waals surface area contributed by atoms with Crippen molar-refractivity contribution in [3.8, 4) is 17.2 Å². The zero-order chi connectivity index (χ0) is 17.2. The molecule has 1 aliphatic rings. The average Bonchev–Trinajstić information content (AvgIpc) is 3.23. The molecule has 0 saturated carbocycles. The molecule has 2 heterocycles. The topological polar surface area (TPSA) is 56.8 Å². The smallest absolute Gasteiger partial charge is 0.261 e. The Morgan fingerprint density at radius 2 is 2.04 bits per heavy atom. The van der Waals surface area contributed by atoms with Crippen LogP contribution in [-0.2, 0) is 0 Å². The maximum absolute atomic E-state index is 12.4. The summed E-state index contributed by atoms with van der Waals surface area (Å²) in [5.74, 6) is 2.04. The van der Waals surface area contributed by atoms with Crippen molar-refractivity contribution in [1.29, 1.82) is 0 Å². The van der Waals surface area contributed by atoms with Gasteiger partial charge in [0.15, 0.2) is 11.5 Å². The zero-order valence-corrected chi connectivity index (χ0v) is 14.5. The van der Waals surface area contributed by atoms with E-state index < -0.39 is 0 Å². The molecule has 0 spiro atoms. The standard InChI is InChI=1S/C19H17NO4S/c1-12-14-4-2-3-5-17(14)25-18(12)19(21)20-8-9-22-13-6-7-15-16(10-13)24-11-23-15/h2-7,10H,8-9,11H2,1H3,(H,20,21). The number of ether oxygens (including phenoxy) is 3. The van der Waals surface area contributed by atoms with Gasteiger partial charge in [0, 0.05) is 10.8 Å². The Kier molecular flexibility index (Phi) is 4.19. The van der Waals surface area contributed by atoms with Crippen molar-refractivity contribution in [3.63, 3.8) is 0 Å². The fraction of sp³-hybridized carbons (Fsp3) is 0.211. The van der Waals surface area contributed by atoms with Gasteiger partial charge in [-0.3, -0.25) is 4.79 Å². The Bertz CT molecular complexity index is 934. The van der Waals surface area contributed by atoms with Crippen LogP contribution in [0.3, 0.4) is 0 Å². The number of rotatable bonds is 5. The van der Waals surface area contributed by atoms with Gasteiger partial charge < -0.3 is 19.5 Å². The van der Waals surface area contributed by atoms with E-state index in [2.05, 4.69) is 5.32 Å². The van der Waals surface area contributed by atoms with E-state index in [4.69, 9.17) is 14.2 Å². The molecule has 3 aromatic rings. The van der Waals surface area contributed by atoms with Gasteiger partial charge in [0.2, 0.25) is 6.79 Å². The second kappa shape index (κ2) is 6.64. The Morgan fingerprint density at radius 1 is 1.20 bits per heavy atom. The minimum Gasteiger partial charge on any atom is -0.492 e. The Balaban J connectivity index is 1.33. The number of thiophene rings is 1. The fourth-order valence-corrected chi connectivity index (χ4v) is 3.90. The number of carbonyl (C=O) groups is 1. The van der Waals surface area contributed by atoms with Crippen molar-refractivity contribution in [2.75, 3.05) is 19.9 Å². The molecule has 2 aromatic carbocycles. The summed E-state index contributed by atoms with van der Waals surface area (Å²) in [6.45, 7) is 3.04. The van der Waals surface area contributed by atoms with E-state index >= 15 is 0 Å². The van der Waals surface area contributed by atoms with E-state index in [9.17, 15) is 4.79 Å². The van der Waals surface area contributed by atoms with E-state index in [1.165, 1.54) is 11.3 Å². The van der Waals surface area contributed by atoms with Crippen molar-refractivity contribution in [2.24, 2.45) is 0 Å². The molecule has 0 saturated heterocycles. The maximum Gasteiger partial charge on any atom is 0.261 e. The zero-order valence-electron chi connectivity index (χ0n) is 13.7. The quantitative estimate of drug-likeness (QED) is 0.708. The van der Waals surface area contributed by atoms with Gasteiger partial charge in [-0.1, -0.05) is 18.2 Å². The first-order chi connectivity index (χ1) is 12.2. The molecule has 1 N–H and O–H groups in total. The van der Waals surface area contributed by atoms with Crippen LogP contribution in [-0.4, -0.2) is 25.9 Å². The van der Waals surface area contributed by atoms with E-state index in [1.807, 2.05) is 43.3 Å². The molecule has 0 radical (unpaired) electrons. The molecule has 1 aromatic heterocycles. The molecule has 4 rings (SSSR count). The van der Waals surface area contributed by atoms with Crippen molar-refractivity contribution in [1.82, 2.24) is 5.32 Å². The van der Waals surface area contributed by atoms with Gasteiger partial charge in [0.05, 0.1) is 11.4 Å². The molecule has 128 valence electrons. The average molecular weight is 355 g/mol. The first-order valence-electron chi connectivity index (χ1n) is 8.01. The molecule has 0 fully saturated rings. The van der Waals surface area contributed by atoms with Crippen LogP contribution < -0.4 is 19.5 Å². The highest BCUT2D eigenvalue weighted by molar-refractivity contribution is 7.21. The Morgan fingerprint density at radius 3 is 2.92 bits per heavy atom. The van der Waals surface area contributed by atoms with E-state index in [1.54, 1.807) is 6.07 Å². The summed E-state index contributed by atoms with van der Waals surface area (Å²) in [4.78, 5) is 13.2. The molecule has 0 unspecified atom stereocenters. The molecular weight excluding hydrogens is 338 g/mol. The normalized spacial score (nSPS) is 12.4. The number of carbonyl (C=O) groups excluding carboxylic acids is 1. The van der Waals surface area contributed by atoms with Gasteiger partial charge in [0.1, 0.15) is 12.4 Å². The molecule has 0 aliphatic carbocycles. The number of fused-ring (bicyclic) bond motifs is 2. The lowest BCUT2D eigenvalue weighted by Crippen LogP contribution is -2.27. The van der Waals surface area contributed by atoms with Crippen molar-refractivity contribution < 1.29 is 19.0 Å². The molecule has 1 aliphatic heterocycles. The highest BCUT2D eigenvalue weighted by Crippen LogP contribution is 2.35. The summed E-state index contributed by atoms with van der Waals surface area (Å²) in [7, 11) is 0. The second-order valence-corrected chi connectivity index (χ2v) is 6.72. The van der Waals surface area contributed by atoms with Crippen LogP contribution in [0.1, 0.15) is 15.2 Å². The van der Waals surface area contributed by atoms with Crippen LogP contribution in [0.25, 0.3) is 10.1 Å². The van der Waals surface area contributed by atoms with Gasteiger partial charge in [-0.15, -0.1) is 11.3 Å². The monoisotopic (exact) mass is 355 g/mol. The molecule has 1 amide bonds. The molecule has 5 nitrogen and oxygen atoms in total. The van der Waals surface area contributed by atoms with Gasteiger partial charge in [-0.25, -0.2) is 0 Å². The van der Waals surface area contributed by atoms with Crippen LogP contribution >= 0.6 is 11.3 Å². The van der Waals surface area contributed by atoms with E-state index in [0.29, 0.717) is 24.7 Å². The summed E-state index contributed by atoms with van der Waals surface area (Å²) in [6.07, 6.45) is 0. The third-order valence-corrected chi connectivity index (χ3v) is 5.32. The number of aryl methyl sites for hydroxylation is 1. The maximum atomic E-state index is 12.4. The van der Waals surface area contributed by atoms with E-state index in [-0.39, 0.29) is 12.7 Å². The second-order valence-electron chi connectivity index (χ2n) is 5.67. The summed E-state index contributed by atoms with van der Waals surface area (Å²) in [6, 6.07) is 13.5. The highest BCUT2D eigenvalue weighted by atomic mass is 32.1. The van der Waals surface area contributed by atoms with Crippen LogP contribution in [0.2, 0.25) is 0 Å². The molecule has 25 heavy (non-hydrogen) atoms. The number of hydrogen-bond donors (Lipinski definition) is 1. The number of nitrogens with one attached hydrogen (secondary N) is 1. The van der Waals surface area contributed by atoms with Gasteiger partial charge in [-0.05, 0) is 36.1 Å². The Hall–Kier alpha value is -2.73. The number of benzene rings is 2. The summed E-state index contributed by atoms with van der Waals surface area (Å²) < 4.78 is 17.4. The fourth-order valence-electron chi connectivity index (χ4n) is 2.77. The van der Waals surface area contributed by atoms with Crippen LogP contribution in [0, 0.1) is 6.92 Å². The minimum atomic E-state index is -0.0620. The predicted molar refractivity (Wildman–Crippen MR) is 97.0 cm³/mol. The summed E-state index contributed by atoms with van der Waals surface area (Å²) in [5.41, 5.74) is 1.02. The van der Waals surface area contributed by atoms with Crippen molar-refractivity contribution in [2.45, 2.75) is 6.92 Å². The molecular formula is C19H17NO4S. The summed E-state index contributed by atoms with van der Waals surface area (Å²) >= 11 is 1.52. The van der Waals surface area contributed by atoms with Crippen molar-refractivity contribution >= 4 is 27.3 Å².